The fourth-order valence-electron chi connectivity index (χ4n) is 3.90. The van der Waals surface area contributed by atoms with Crippen LogP contribution in [0.25, 0.3) is 0 Å². The molecule has 0 saturated carbocycles. The minimum atomic E-state index is -0.436. The lowest BCUT2D eigenvalue weighted by atomic mass is 9.91. The van der Waals surface area contributed by atoms with Crippen LogP contribution in [0.2, 0.25) is 0 Å². The molecule has 1 unspecified atom stereocenters. The van der Waals surface area contributed by atoms with E-state index >= 15 is 0 Å². The van der Waals surface area contributed by atoms with Gasteiger partial charge >= 0.3 is 0 Å². The highest BCUT2D eigenvalue weighted by Crippen LogP contribution is 2.28. The number of ether oxygens (including phenoxy) is 1. The molecule has 1 aliphatic heterocycles. The van der Waals surface area contributed by atoms with E-state index in [-0.39, 0.29) is 11.9 Å². The number of para-hydroxylation sites is 1. The van der Waals surface area contributed by atoms with Crippen molar-refractivity contribution in [3.63, 3.8) is 0 Å². The zero-order valence-corrected chi connectivity index (χ0v) is 17.3. The van der Waals surface area contributed by atoms with Crippen molar-refractivity contribution in [1.82, 2.24) is 4.90 Å². The number of rotatable bonds is 7. The van der Waals surface area contributed by atoms with Crippen molar-refractivity contribution in [3.8, 4) is 0 Å². The maximum Gasteiger partial charge on any atom is 0.256 e. The molecule has 5 heteroatoms. The van der Waals surface area contributed by atoms with Crippen LogP contribution in [0.15, 0.2) is 47.8 Å². The zero-order valence-electron chi connectivity index (χ0n) is 16.5. The molecule has 3 rings (SSSR count). The topological polar surface area (TPSA) is 32.8 Å². The van der Waals surface area contributed by atoms with Crippen LogP contribution >= 0.6 is 11.3 Å². The molecule has 3 atom stereocenters. The Morgan fingerprint density at radius 3 is 2.70 bits per heavy atom. The highest BCUT2D eigenvalue weighted by atomic mass is 32.1. The Bertz CT molecular complexity index is 704. The first-order valence-electron chi connectivity index (χ1n) is 9.75. The molecule has 2 aromatic rings. The molecular weight excluding hydrogens is 356 g/mol. The molecule has 4 nitrogen and oxygen atoms in total. The number of thiophene rings is 1. The lowest BCUT2D eigenvalue weighted by Crippen LogP contribution is -2.54. The van der Waals surface area contributed by atoms with Crippen molar-refractivity contribution in [2.45, 2.75) is 38.8 Å². The average Bonchev–Trinajstić information content (AvgIpc) is 3.22. The maximum absolute atomic E-state index is 13.1. The number of piperidine rings is 1. The van der Waals surface area contributed by atoms with Crippen LogP contribution < -0.4 is 4.90 Å². The van der Waals surface area contributed by atoms with E-state index in [0.717, 1.165) is 38.2 Å². The van der Waals surface area contributed by atoms with Gasteiger partial charge in [-0.2, -0.15) is 0 Å². The zero-order chi connectivity index (χ0) is 19.2. The predicted octanol–water partition coefficient (Wildman–Crippen LogP) is 4.07. The van der Waals surface area contributed by atoms with E-state index in [0.29, 0.717) is 5.92 Å². The van der Waals surface area contributed by atoms with Gasteiger partial charge in [-0.25, -0.2) is 0 Å². The molecule has 0 radical (unpaired) electrons. The maximum atomic E-state index is 13.1. The van der Waals surface area contributed by atoms with Gasteiger partial charge in [0.1, 0.15) is 6.10 Å². The first-order valence-corrected chi connectivity index (χ1v) is 10.6. The number of carbonyl (C=O) groups excluding carboxylic acids is 1. The van der Waals surface area contributed by atoms with Gasteiger partial charge in [-0.05, 0) is 49.3 Å². The molecule has 2 heterocycles. The Labute approximate surface area is 166 Å². The van der Waals surface area contributed by atoms with Crippen molar-refractivity contribution in [1.29, 1.82) is 0 Å². The van der Waals surface area contributed by atoms with E-state index in [4.69, 9.17) is 4.74 Å². The standard InChI is InChI=1S/C22H30N2O2S/c1-17-16-23(13-11-20-10-7-15-27-20)14-12-21(17)24(22(25)18(2)26-3)19-8-5-4-6-9-19/h4-10,15,17-18,21H,11-14,16H2,1-3H3/t17-,18?,21-/m0/s1. The lowest BCUT2D eigenvalue weighted by molar-refractivity contribution is -0.128. The van der Waals surface area contributed by atoms with Crippen LogP contribution in [0.5, 0.6) is 0 Å². The van der Waals surface area contributed by atoms with Crippen LogP contribution in [0.4, 0.5) is 5.69 Å². The second kappa shape index (κ2) is 9.49. The van der Waals surface area contributed by atoms with Gasteiger partial charge in [0.05, 0.1) is 0 Å². The van der Waals surface area contributed by atoms with E-state index in [9.17, 15) is 4.79 Å². The first kappa shape index (κ1) is 20.1. The minimum absolute atomic E-state index is 0.0487. The number of benzene rings is 1. The SMILES string of the molecule is COC(C)C(=O)N(c1ccccc1)[C@H]1CCN(CCc2cccs2)C[C@@H]1C. The molecule has 1 saturated heterocycles. The molecule has 27 heavy (non-hydrogen) atoms. The van der Waals surface area contributed by atoms with Crippen LogP contribution in [0, 0.1) is 5.92 Å². The Morgan fingerprint density at radius 2 is 2.07 bits per heavy atom. The summed E-state index contributed by atoms with van der Waals surface area (Å²) in [5.41, 5.74) is 0.968. The number of anilines is 1. The Balaban J connectivity index is 1.69. The highest BCUT2D eigenvalue weighted by molar-refractivity contribution is 7.09. The van der Waals surface area contributed by atoms with E-state index in [2.05, 4.69) is 29.3 Å². The second-order valence-electron chi connectivity index (χ2n) is 7.38. The Morgan fingerprint density at radius 1 is 1.30 bits per heavy atom. The summed E-state index contributed by atoms with van der Waals surface area (Å²) < 4.78 is 5.34. The van der Waals surface area contributed by atoms with Crippen molar-refractivity contribution in [2.24, 2.45) is 5.92 Å². The summed E-state index contributed by atoms with van der Waals surface area (Å²) in [6, 6.07) is 14.6. The minimum Gasteiger partial charge on any atom is -0.372 e. The number of hydrogen-bond donors (Lipinski definition) is 0. The normalized spacial score (nSPS) is 21.7. The molecule has 1 aromatic carbocycles. The molecular formula is C22H30N2O2S. The highest BCUT2D eigenvalue weighted by Gasteiger charge is 2.35. The predicted molar refractivity (Wildman–Crippen MR) is 112 cm³/mol. The van der Waals surface area contributed by atoms with E-state index in [1.807, 2.05) is 53.5 Å². The largest absolute Gasteiger partial charge is 0.372 e. The summed E-state index contributed by atoms with van der Waals surface area (Å²) in [6.07, 6.45) is 1.66. The molecule has 146 valence electrons. The lowest BCUT2D eigenvalue weighted by Gasteiger charge is -2.43. The van der Waals surface area contributed by atoms with Gasteiger partial charge in [0.25, 0.3) is 5.91 Å². The number of methoxy groups -OCH3 is 1. The molecule has 1 aromatic heterocycles. The number of hydrogen-bond acceptors (Lipinski definition) is 4. The van der Waals surface area contributed by atoms with Crippen LogP contribution in [-0.4, -0.2) is 49.7 Å². The third-order valence-electron chi connectivity index (χ3n) is 5.50. The quantitative estimate of drug-likeness (QED) is 0.719. The fourth-order valence-corrected chi connectivity index (χ4v) is 4.60. The Hall–Kier alpha value is -1.69. The smallest absolute Gasteiger partial charge is 0.256 e. The second-order valence-corrected chi connectivity index (χ2v) is 8.42. The van der Waals surface area contributed by atoms with Gasteiger partial charge in [-0.3, -0.25) is 4.79 Å². The third kappa shape index (κ3) is 4.98. The Kier molecular flexibility index (Phi) is 7.05. The van der Waals surface area contributed by atoms with Crippen LogP contribution in [-0.2, 0) is 16.0 Å². The summed E-state index contributed by atoms with van der Waals surface area (Å²) in [6.45, 7) is 7.24. The molecule has 1 aliphatic rings. The van der Waals surface area contributed by atoms with E-state index < -0.39 is 6.10 Å². The number of carbonyl (C=O) groups is 1. The fraction of sp³-hybridized carbons (Fsp3) is 0.500. The summed E-state index contributed by atoms with van der Waals surface area (Å²) in [4.78, 5) is 19.0. The molecule has 0 bridgehead atoms. The molecule has 0 aliphatic carbocycles. The van der Waals surface area contributed by atoms with Crippen molar-refractivity contribution >= 4 is 22.9 Å². The van der Waals surface area contributed by atoms with Crippen molar-refractivity contribution in [2.75, 3.05) is 31.6 Å². The van der Waals surface area contributed by atoms with Gasteiger partial charge in [0.15, 0.2) is 0 Å². The van der Waals surface area contributed by atoms with Crippen molar-refractivity contribution < 1.29 is 9.53 Å². The van der Waals surface area contributed by atoms with Gasteiger partial charge in [0.2, 0.25) is 0 Å². The number of likely N-dealkylation sites (tertiary alicyclic amines) is 1. The van der Waals surface area contributed by atoms with E-state index in [1.54, 1.807) is 7.11 Å². The first-order chi connectivity index (χ1) is 13.1. The molecule has 0 spiro atoms. The average molecular weight is 387 g/mol. The monoisotopic (exact) mass is 386 g/mol. The third-order valence-corrected chi connectivity index (χ3v) is 6.44. The van der Waals surface area contributed by atoms with Crippen LogP contribution in [0.3, 0.4) is 0 Å². The van der Waals surface area contributed by atoms with Gasteiger partial charge < -0.3 is 14.5 Å². The summed E-state index contributed by atoms with van der Waals surface area (Å²) >= 11 is 1.83. The van der Waals surface area contributed by atoms with Gasteiger partial charge in [-0.1, -0.05) is 31.2 Å². The summed E-state index contributed by atoms with van der Waals surface area (Å²) in [5, 5.41) is 2.14. The summed E-state index contributed by atoms with van der Waals surface area (Å²) in [5.74, 6) is 0.461. The van der Waals surface area contributed by atoms with Gasteiger partial charge in [0, 0.05) is 43.4 Å². The van der Waals surface area contributed by atoms with Crippen molar-refractivity contribution in [3.05, 3.63) is 52.7 Å². The number of nitrogens with zero attached hydrogens (tertiary/aromatic N) is 2. The summed E-state index contributed by atoms with van der Waals surface area (Å²) in [7, 11) is 1.60. The molecule has 0 N–H and O–H groups in total. The van der Waals surface area contributed by atoms with Crippen LogP contribution in [0.1, 0.15) is 25.1 Å². The molecule has 1 fully saturated rings. The van der Waals surface area contributed by atoms with E-state index in [1.165, 1.54) is 4.88 Å². The number of amides is 1. The molecule has 1 amide bonds. The van der Waals surface area contributed by atoms with Gasteiger partial charge in [-0.15, -0.1) is 11.3 Å².